The van der Waals surface area contributed by atoms with Crippen LogP contribution in [0.15, 0.2) is 58.6 Å². The molecule has 1 N–H and O–H groups in total. The van der Waals surface area contributed by atoms with Crippen LogP contribution in [0, 0.1) is 12.3 Å². The van der Waals surface area contributed by atoms with Crippen molar-refractivity contribution in [1.29, 1.82) is 0 Å². The topological polar surface area (TPSA) is 73.1 Å². The molecule has 3 rings (SSSR count). The van der Waals surface area contributed by atoms with Crippen molar-refractivity contribution in [3.05, 3.63) is 71.0 Å². The Morgan fingerprint density at radius 2 is 2.20 bits per heavy atom. The van der Waals surface area contributed by atoms with E-state index in [0.29, 0.717) is 34.1 Å². The van der Waals surface area contributed by atoms with Gasteiger partial charge < -0.3 is 13.9 Å². The van der Waals surface area contributed by atoms with Gasteiger partial charge in [-0.15, -0.1) is 13.0 Å². The number of halogens is 1. The molecule has 30 heavy (non-hydrogen) atoms. The Balaban J connectivity index is 1.78. The molecule has 0 saturated heterocycles. The van der Waals surface area contributed by atoms with Gasteiger partial charge in [0.15, 0.2) is 17.3 Å². The summed E-state index contributed by atoms with van der Waals surface area (Å²) in [4.78, 5) is 12.3. The van der Waals surface area contributed by atoms with Crippen molar-refractivity contribution in [2.45, 2.75) is 6.42 Å². The average molecular weight is 423 g/mol. The van der Waals surface area contributed by atoms with Crippen molar-refractivity contribution < 1.29 is 18.7 Å². The highest BCUT2D eigenvalue weighted by molar-refractivity contribution is 6.31. The Bertz CT molecular complexity index is 1160. The molecule has 0 aliphatic heterocycles. The molecular formula is C23H19ClN2O4. The zero-order valence-corrected chi connectivity index (χ0v) is 17.0. The Kier molecular flexibility index (Phi) is 6.79. The lowest BCUT2D eigenvalue weighted by molar-refractivity contribution is 0.0929. The minimum absolute atomic E-state index is 0.118. The maximum atomic E-state index is 12.3. The first-order valence-electron chi connectivity index (χ1n) is 8.96. The van der Waals surface area contributed by atoms with E-state index >= 15 is 0 Å². The third-order valence-corrected chi connectivity index (χ3v) is 4.36. The summed E-state index contributed by atoms with van der Waals surface area (Å²) in [7, 11) is 1.53. The zero-order chi connectivity index (χ0) is 21.5. The van der Waals surface area contributed by atoms with E-state index < -0.39 is 5.91 Å². The quantitative estimate of drug-likeness (QED) is 0.249. The van der Waals surface area contributed by atoms with Crippen LogP contribution < -0.4 is 14.9 Å². The number of carbonyl (C=O) groups is 1. The van der Waals surface area contributed by atoms with Gasteiger partial charge in [0.05, 0.1) is 13.3 Å². The van der Waals surface area contributed by atoms with Crippen molar-refractivity contribution in [2.75, 3.05) is 13.7 Å². The lowest BCUT2D eigenvalue weighted by atomic mass is 10.1. The number of hydrogen-bond donors (Lipinski definition) is 1. The second kappa shape index (κ2) is 9.68. The van der Waals surface area contributed by atoms with Gasteiger partial charge in [-0.1, -0.05) is 23.6 Å². The van der Waals surface area contributed by atoms with E-state index in [-0.39, 0.29) is 12.4 Å². The molecule has 0 aliphatic carbocycles. The van der Waals surface area contributed by atoms with Crippen LogP contribution in [0.1, 0.15) is 21.7 Å². The van der Waals surface area contributed by atoms with Gasteiger partial charge in [-0.3, -0.25) is 4.79 Å². The molecule has 152 valence electrons. The summed E-state index contributed by atoms with van der Waals surface area (Å²) in [6.07, 6.45) is 9.07. The number of fused-ring (bicyclic) bond motifs is 1. The van der Waals surface area contributed by atoms with Crippen LogP contribution in [0.3, 0.4) is 0 Å². The van der Waals surface area contributed by atoms with Crippen LogP contribution in [0.5, 0.6) is 11.5 Å². The third-order valence-electron chi connectivity index (χ3n) is 4.12. The molecule has 0 unspecified atom stereocenters. The second-order valence-corrected chi connectivity index (χ2v) is 6.63. The van der Waals surface area contributed by atoms with Gasteiger partial charge in [0.25, 0.3) is 0 Å². The monoisotopic (exact) mass is 422 g/mol. The van der Waals surface area contributed by atoms with E-state index in [9.17, 15) is 4.79 Å². The lowest BCUT2D eigenvalue weighted by Gasteiger charge is -2.14. The minimum Gasteiger partial charge on any atom is -0.493 e. The van der Waals surface area contributed by atoms with Crippen molar-refractivity contribution in [2.24, 2.45) is 5.10 Å². The highest BCUT2D eigenvalue weighted by Gasteiger charge is 2.13. The van der Waals surface area contributed by atoms with Crippen molar-refractivity contribution in [1.82, 2.24) is 5.43 Å². The minimum atomic E-state index is -0.481. The van der Waals surface area contributed by atoms with Crippen molar-refractivity contribution in [3.8, 4) is 23.8 Å². The standard InChI is InChI=1S/C23H19ClN2O4/c1-4-6-16-10-15(11-20(28-3)22(16)29-9-5-2)14-25-26-23(27)21-13-17-12-18(24)7-8-19(17)30-21/h2,4,7-8,10-14H,1,6,9H2,3H3,(H,26,27)/b25-14+. The number of hydrazone groups is 1. The van der Waals surface area contributed by atoms with E-state index in [4.69, 9.17) is 31.9 Å². The Hall–Kier alpha value is -3.69. The summed E-state index contributed by atoms with van der Waals surface area (Å²) in [5.41, 5.74) is 4.55. The molecule has 1 amide bonds. The molecule has 1 aromatic heterocycles. The number of nitrogens with one attached hydrogen (secondary N) is 1. The molecule has 0 bridgehead atoms. The molecule has 6 nitrogen and oxygen atoms in total. The van der Waals surface area contributed by atoms with Gasteiger partial charge >= 0.3 is 5.91 Å². The number of amides is 1. The van der Waals surface area contributed by atoms with Crippen LogP contribution in [-0.4, -0.2) is 25.8 Å². The Morgan fingerprint density at radius 3 is 2.93 bits per heavy atom. The summed E-state index contributed by atoms with van der Waals surface area (Å²) in [6.45, 7) is 3.88. The molecular weight excluding hydrogens is 404 g/mol. The fourth-order valence-electron chi connectivity index (χ4n) is 2.84. The number of benzene rings is 2. The lowest BCUT2D eigenvalue weighted by Crippen LogP contribution is -2.16. The van der Waals surface area contributed by atoms with E-state index in [0.717, 1.165) is 10.9 Å². The number of nitrogens with zero attached hydrogens (tertiary/aromatic N) is 1. The van der Waals surface area contributed by atoms with Gasteiger partial charge in [-0.2, -0.15) is 5.10 Å². The van der Waals surface area contributed by atoms with Crippen LogP contribution in [0.4, 0.5) is 0 Å². The van der Waals surface area contributed by atoms with E-state index in [1.807, 2.05) is 6.07 Å². The molecule has 7 heteroatoms. The van der Waals surface area contributed by atoms with Crippen molar-refractivity contribution in [3.63, 3.8) is 0 Å². The summed E-state index contributed by atoms with van der Waals surface area (Å²) < 4.78 is 16.5. The number of furan rings is 1. The predicted molar refractivity (Wildman–Crippen MR) is 118 cm³/mol. The molecule has 0 radical (unpaired) electrons. The third kappa shape index (κ3) is 4.83. The van der Waals surface area contributed by atoms with Crippen LogP contribution in [0.2, 0.25) is 5.02 Å². The molecule has 0 saturated carbocycles. The maximum absolute atomic E-state index is 12.3. The van der Waals surface area contributed by atoms with E-state index in [1.54, 1.807) is 36.4 Å². The number of rotatable bonds is 8. The second-order valence-electron chi connectivity index (χ2n) is 6.19. The Morgan fingerprint density at radius 1 is 1.37 bits per heavy atom. The highest BCUT2D eigenvalue weighted by atomic mass is 35.5. The molecule has 0 atom stereocenters. The smallest absolute Gasteiger partial charge is 0.307 e. The number of allylic oxidation sites excluding steroid dienone is 1. The molecule has 0 fully saturated rings. The van der Waals surface area contributed by atoms with Gasteiger partial charge in [0.1, 0.15) is 12.2 Å². The van der Waals surface area contributed by atoms with Gasteiger partial charge in [0.2, 0.25) is 0 Å². The number of ether oxygens (including phenoxy) is 2. The normalized spacial score (nSPS) is 10.7. The number of terminal acetylenes is 1. The predicted octanol–water partition coefficient (Wildman–Crippen LogP) is 4.60. The molecule has 2 aromatic carbocycles. The molecule has 1 heterocycles. The van der Waals surface area contributed by atoms with Gasteiger partial charge in [0, 0.05) is 16.0 Å². The largest absolute Gasteiger partial charge is 0.493 e. The number of methoxy groups -OCH3 is 1. The zero-order valence-electron chi connectivity index (χ0n) is 16.3. The van der Waals surface area contributed by atoms with E-state index in [2.05, 4.69) is 23.0 Å². The van der Waals surface area contributed by atoms with Crippen LogP contribution in [-0.2, 0) is 6.42 Å². The van der Waals surface area contributed by atoms with Gasteiger partial charge in [-0.05, 0) is 48.4 Å². The Labute approximate surface area is 179 Å². The first-order chi connectivity index (χ1) is 14.5. The fourth-order valence-corrected chi connectivity index (χ4v) is 3.02. The number of hydrogen-bond acceptors (Lipinski definition) is 5. The van der Waals surface area contributed by atoms with Crippen LogP contribution >= 0.6 is 11.6 Å². The summed E-state index contributed by atoms with van der Waals surface area (Å²) in [5.74, 6) is 3.14. The first kappa shape index (κ1) is 21.0. The summed E-state index contributed by atoms with van der Waals surface area (Å²) in [6, 6.07) is 10.3. The fraction of sp³-hybridized carbons (Fsp3) is 0.130. The molecule has 0 spiro atoms. The van der Waals surface area contributed by atoms with Crippen LogP contribution in [0.25, 0.3) is 11.0 Å². The highest BCUT2D eigenvalue weighted by Crippen LogP contribution is 2.33. The first-order valence-corrected chi connectivity index (χ1v) is 9.34. The summed E-state index contributed by atoms with van der Waals surface area (Å²) in [5, 5.41) is 5.31. The average Bonchev–Trinajstić information content (AvgIpc) is 3.16. The van der Waals surface area contributed by atoms with E-state index in [1.165, 1.54) is 13.3 Å². The number of carbonyl (C=O) groups excluding carboxylic acids is 1. The van der Waals surface area contributed by atoms with Gasteiger partial charge in [-0.25, -0.2) is 5.43 Å². The molecule has 3 aromatic rings. The molecule has 0 aliphatic rings. The SMILES string of the molecule is C#CCOc1c(CC=C)cc(/C=N/NC(=O)c2cc3cc(Cl)ccc3o2)cc1OC. The maximum Gasteiger partial charge on any atom is 0.307 e. The summed E-state index contributed by atoms with van der Waals surface area (Å²) >= 11 is 5.96. The van der Waals surface area contributed by atoms with Crippen molar-refractivity contribution >= 4 is 34.7 Å².